The maximum absolute atomic E-state index is 13.3. The number of hydrogen-bond acceptors (Lipinski definition) is 1. The van der Waals surface area contributed by atoms with Gasteiger partial charge in [0.1, 0.15) is 5.75 Å². The van der Waals surface area contributed by atoms with Crippen molar-refractivity contribution in [3.8, 4) is 5.75 Å². The Kier molecular flexibility index (Phi) is 9.34. The molecule has 0 heterocycles. The van der Waals surface area contributed by atoms with Gasteiger partial charge in [0.05, 0.1) is 5.56 Å². The molecule has 0 radical (unpaired) electrons. The molecule has 2 aromatic carbocycles. The van der Waals surface area contributed by atoms with Crippen molar-refractivity contribution in [3.63, 3.8) is 0 Å². The second kappa shape index (κ2) is 10.1. The number of aromatic hydroxyl groups is 1. The second-order valence-electron chi connectivity index (χ2n) is 7.18. The fourth-order valence-corrected chi connectivity index (χ4v) is 3.80. The van der Waals surface area contributed by atoms with Crippen molar-refractivity contribution in [1.29, 1.82) is 0 Å². The minimum absolute atomic E-state index is 0.0787. The van der Waals surface area contributed by atoms with Gasteiger partial charge in [-0.1, -0.05) is 53.1 Å². The minimum atomic E-state index is -4.40. The van der Waals surface area contributed by atoms with Crippen molar-refractivity contribution in [2.24, 2.45) is 0 Å². The van der Waals surface area contributed by atoms with Gasteiger partial charge in [0.15, 0.2) is 0 Å². The van der Waals surface area contributed by atoms with E-state index >= 15 is 0 Å². The zero-order valence-corrected chi connectivity index (χ0v) is 20.7. The summed E-state index contributed by atoms with van der Waals surface area (Å²) in [6.45, 7) is 9.54. The van der Waals surface area contributed by atoms with E-state index in [2.05, 4.69) is 0 Å². The van der Waals surface area contributed by atoms with E-state index < -0.39 is 32.6 Å². The average Bonchev–Trinajstić information content (AvgIpc) is 2.52. The molecule has 0 bridgehead atoms. The van der Waals surface area contributed by atoms with Crippen LogP contribution in [0.4, 0.5) is 13.2 Å². The van der Waals surface area contributed by atoms with Gasteiger partial charge in [0, 0.05) is 5.30 Å². The fourth-order valence-electron chi connectivity index (χ4n) is 2.45. The Morgan fingerprint density at radius 2 is 1.52 bits per heavy atom. The predicted octanol–water partition coefficient (Wildman–Crippen LogP) is 6.33. The average molecular weight is 516 g/mol. The summed E-state index contributed by atoms with van der Waals surface area (Å²) in [4.78, 5) is 0. The molecule has 1 N–H and O–H groups in total. The molecule has 0 aliphatic carbocycles. The van der Waals surface area contributed by atoms with Gasteiger partial charge in [-0.15, -0.1) is 0 Å². The monoisotopic (exact) mass is 514 g/mol. The van der Waals surface area contributed by atoms with Crippen molar-refractivity contribution in [3.05, 3.63) is 52.6 Å². The normalized spacial score (nSPS) is 12.1. The summed E-state index contributed by atoms with van der Waals surface area (Å²) in [6, 6.07) is 8.06. The van der Waals surface area contributed by atoms with Crippen LogP contribution in [0.2, 0.25) is 0 Å². The van der Waals surface area contributed by atoms with E-state index in [1.807, 2.05) is 32.9 Å². The summed E-state index contributed by atoms with van der Waals surface area (Å²) < 4.78 is 40.0. The summed E-state index contributed by atoms with van der Waals surface area (Å²) in [5.41, 5.74) is 1.49. The molecule has 0 saturated heterocycles. The SMILES string of the molecule is Cc1ccc(Pc2cc(C(C)(C)C)cc(C)c2O)c(C(F)(F)F)c1.[Cl][Zr][Cl]. The van der Waals surface area contributed by atoms with Crippen LogP contribution in [0, 0.1) is 13.8 Å². The first kappa shape index (κ1) is 25.0. The molecular weight excluding hydrogens is 494 g/mol. The van der Waals surface area contributed by atoms with E-state index in [4.69, 9.17) is 17.0 Å². The van der Waals surface area contributed by atoms with Crippen molar-refractivity contribution in [2.45, 2.75) is 46.2 Å². The van der Waals surface area contributed by atoms with Gasteiger partial charge < -0.3 is 5.11 Å². The number of hydrogen-bond donors (Lipinski definition) is 1. The number of halogens is 5. The third-order valence-corrected chi connectivity index (χ3v) is 5.27. The molecular formula is C19H22Cl2F3OPZr. The first-order chi connectivity index (χ1) is 12.3. The molecule has 0 aliphatic heterocycles. The molecule has 1 nitrogen and oxygen atoms in total. The molecule has 1 unspecified atom stereocenters. The van der Waals surface area contributed by atoms with Gasteiger partial charge in [-0.25, -0.2) is 0 Å². The molecule has 148 valence electrons. The van der Waals surface area contributed by atoms with Gasteiger partial charge in [0.25, 0.3) is 0 Å². The number of rotatable bonds is 2. The van der Waals surface area contributed by atoms with Crippen molar-refractivity contribution < 1.29 is 39.1 Å². The van der Waals surface area contributed by atoms with Crippen molar-refractivity contribution >= 4 is 36.2 Å². The van der Waals surface area contributed by atoms with Crippen LogP contribution in [0.25, 0.3) is 0 Å². The second-order valence-corrected chi connectivity index (χ2v) is 12.2. The van der Waals surface area contributed by atoms with E-state index in [9.17, 15) is 18.3 Å². The van der Waals surface area contributed by atoms with Crippen molar-refractivity contribution in [2.75, 3.05) is 0 Å². The van der Waals surface area contributed by atoms with Gasteiger partial charge in [0.2, 0.25) is 0 Å². The zero-order valence-electron chi connectivity index (χ0n) is 15.7. The number of phenols is 1. The Morgan fingerprint density at radius 1 is 0.963 bits per heavy atom. The molecule has 0 aliphatic rings. The van der Waals surface area contributed by atoms with E-state index in [0.717, 1.165) is 5.56 Å². The van der Waals surface area contributed by atoms with Gasteiger partial charge in [-0.2, -0.15) is 13.2 Å². The summed E-state index contributed by atoms with van der Waals surface area (Å²) in [5.74, 6) is 0.0787. The van der Waals surface area contributed by atoms with Crippen LogP contribution in [0.5, 0.6) is 5.75 Å². The summed E-state index contributed by atoms with van der Waals surface area (Å²) in [7, 11) is 9.61. The first-order valence-corrected chi connectivity index (χ1v) is 15.4. The summed E-state index contributed by atoms with van der Waals surface area (Å²) >= 11 is -0.826. The third kappa shape index (κ3) is 7.35. The number of alkyl halides is 3. The summed E-state index contributed by atoms with van der Waals surface area (Å²) in [6.07, 6.45) is -4.40. The molecule has 0 saturated carbocycles. The number of aryl methyl sites for hydroxylation is 2. The Bertz CT molecular complexity index is 790. The molecule has 8 heteroatoms. The van der Waals surface area contributed by atoms with Crippen LogP contribution in [0.1, 0.15) is 43.0 Å². The van der Waals surface area contributed by atoms with Crippen LogP contribution in [-0.4, -0.2) is 5.11 Å². The van der Waals surface area contributed by atoms with Gasteiger partial charge >= 0.3 is 44.1 Å². The molecule has 0 fully saturated rings. The van der Waals surface area contributed by atoms with Crippen LogP contribution >= 0.6 is 25.6 Å². The van der Waals surface area contributed by atoms with E-state index in [1.165, 1.54) is 12.1 Å². The number of benzene rings is 2. The predicted molar refractivity (Wildman–Crippen MR) is 107 cm³/mol. The zero-order chi connectivity index (χ0) is 21.0. The Morgan fingerprint density at radius 3 is 2.00 bits per heavy atom. The molecule has 2 rings (SSSR count). The molecule has 0 amide bonds. The number of phenolic OH excluding ortho intramolecular Hbond substituents is 1. The Labute approximate surface area is 179 Å². The Hall–Kier alpha value is -0.0769. The van der Waals surface area contributed by atoms with Crippen LogP contribution in [0.15, 0.2) is 30.3 Å². The summed E-state index contributed by atoms with van der Waals surface area (Å²) in [5, 5.41) is 11.1. The molecule has 2 aromatic rings. The topological polar surface area (TPSA) is 20.2 Å². The van der Waals surface area contributed by atoms with E-state index in [-0.39, 0.29) is 25.0 Å². The van der Waals surface area contributed by atoms with Gasteiger partial charge in [-0.05, 0) is 47.8 Å². The molecule has 0 aromatic heterocycles. The van der Waals surface area contributed by atoms with Gasteiger partial charge in [-0.3, -0.25) is 0 Å². The maximum atomic E-state index is 13.3. The standard InChI is InChI=1S/C19H22F3OP.2ClH.Zr/c1-11-6-7-15(14(8-11)19(20,21)22)24-16-10-13(18(3,4)5)9-12(2)17(16)23;;;/h6-10,23-24H,1-5H3;2*1H;/q;;;+2/p-2. The quantitative estimate of drug-likeness (QED) is 0.463. The Balaban J connectivity index is 0.00000114. The molecule has 0 spiro atoms. The fraction of sp³-hybridized carbons (Fsp3) is 0.368. The van der Waals surface area contributed by atoms with Crippen LogP contribution < -0.4 is 10.6 Å². The van der Waals surface area contributed by atoms with Crippen LogP contribution in [0.3, 0.4) is 0 Å². The first-order valence-electron chi connectivity index (χ1n) is 8.06. The third-order valence-electron chi connectivity index (χ3n) is 3.92. The molecule has 1 atom stereocenters. The van der Waals surface area contributed by atoms with E-state index in [0.29, 0.717) is 16.4 Å². The van der Waals surface area contributed by atoms with E-state index in [1.54, 1.807) is 19.9 Å². The van der Waals surface area contributed by atoms with Crippen molar-refractivity contribution in [1.82, 2.24) is 0 Å². The van der Waals surface area contributed by atoms with Crippen LogP contribution in [-0.2, 0) is 32.4 Å². The molecule has 27 heavy (non-hydrogen) atoms.